The van der Waals surface area contributed by atoms with E-state index in [2.05, 4.69) is 0 Å². The highest BCUT2D eigenvalue weighted by Crippen LogP contribution is 2.27. The number of rotatable bonds is 13. The van der Waals surface area contributed by atoms with Gasteiger partial charge in [0.15, 0.2) is 0 Å². The Balaban J connectivity index is 1.03. The van der Waals surface area contributed by atoms with E-state index in [1.54, 1.807) is 0 Å². The smallest absolute Gasteiger partial charge is 0.311 e. The second-order valence-electron chi connectivity index (χ2n) is 9.23. The molecule has 0 heterocycles. The van der Waals surface area contributed by atoms with Crippen LogP contribution in [0.5, 0.6) is 11.5 Å². The minimum Gasteiger partial charge on any atom is -0.426 e. The normalized spacial score (nSPS) is 11.0. The first-order chi connectivity index (χ1) is 17.7. The van der Waals surface area contributed by atoms with Crippen molar-refractivity contribution in [1.29, 1.82) is 0 Å². The molecule has 0 spiro atoms. The van der Waals surface area contributed by atoms with Crippen molar-refractivity contribution < 1.29 is 19.1 Å². The number of fused-ring (bicyclic) bond motifs is 2. The van der Waals surface area contributed by atoms with Gasteiger partial charge in [0, 0.05) is 23.6 Å². The Morgan fingerprint density at radius 3 is 1.25 bits per heavy atom. The van der Waals surface area contributed by atoms with E-state index in [0.29, 0.717) is 24.3 Å². The summed E-state index contributed by atoms with van der Waals surface area (Å²) in [5.74, 6) is 0.946. The van der Waals surface area contributed by atoms with Gasteiger partial charge in [0.1, 0.15) is 11.5 Å². The second kappa shape index (κ2) is 13.4. The molecule has 0 fully saturated rings. The number of esters is 2. The second-order valence-corrected chi connectivity index (χ2v) is 9.23. The molecule has 0 amide bonds. The predicted molar refractivity (Wildman–Crippen MR) is 145 cm³/mol. The molecule has 0 unspecified atom stereocenters. The average molecular weight is 483 g/mol. The molecular formula is C32H34O4. The van der Waals surface area contributed by atoms with Crippen LogP contribution in [-0.2, 0) is 9.59 Å². The maximum absolute atomic E-state index is 12.2. The zero-order valence-electron chi connectivity index (χ0n) is 20.8. The van der Waals surface area contributed by atoms with Crippen LogP contribution in [0.4, 0.5) is 0 Å². The van der Waals surface area contributed by atoms with E-state index in [-0.39, 0.29) is 11.9 Å². The summed E-state index contributed by atoms with van der Waals surface area (Å²) in [6.07, 6.45) is 9.19. The first kappa shape index (κ1) is 25.4. The van der Waals surface area contributed by atoms with Gasteiger partial charge in [-0.1, -0.05) is 111 Å². The monoisotopic (exact) mass is 482 g/mol. The van der Waals surface area contributed by atoms with Gasteiger partial charge in [-0.2, -0.15) is 0 Å². The van der Waals surface area contributed by atoms with Crippen LogP contribution in [0.1, 0.15) is 64.2 Å². The first-order valence-electron chi connectivity index (χ1n) is 13.1. The van der Waals surface area contributed by atoms with E-state index in [1.807, 2.05) is 84.9 Å². The van der Waals surface area contributed by atoms with Gasteiger partial charge in [-0.25, -0.2) is 0 Å². The number of hydrogen-bond donors (Lipinski definition) is 0. The molecule has 0 radical (unpaired) electrons. The summed E-state index contributed by atoms with van der Waals surface area (Å²) < 4.78 is 11.2. The standard InChI is InChI=1S/C32H34O4/c33-31(35-29-21-13-17-25-15-9-11-19-27(25)29)23-7-5-3-1-2-4-6-8-24-32(34)36-30-22-14-18-26-16-10-12-20-28(26)30/h9-22H,1-8,23-24H2. The molecule has 4 aromatic rings. The molecular weight excluding hydrogens is 448 g/mol. The molecule has 0 aliphatic heterocycles. The fourth-order valence-corrected chi connectivity index (χ4v) is 4.52. The van der Waals surface area contributed by atoms with Crippen LogP contribution in [0.3, 0.4) is 0 Å². The summed E-state index contributed by atoms with van der Waals surface area (Å²) in [7, 11) is 0. The van der Waals surface area contributed by atoms with Crippen LogP contribution in [0, 0.1) is 0 Å². The summed E-state index contributed by atoms with van der Waals surface area (Å²) in [6.45, 7) is 0. The highest BCUT2D eigenvalue weighted by Gasteiger charge is 2.09. The summed E-state index contributed by atoms with van der Waals surface area (Å²) >= 11 is 0. The van der Waals surface area contributed by atoms with Gasteiger partial charge in [-0.3, -0.25) is 9.59 Å². The summed E-state index contributed by atoms with van der Waals surface area (Å²) in [6, 6.07) is 27.4. The number of hydrogen-bond acceptors (Lipinski definition) is 4. The molecule has 186 valence electrons. The summed E-state index contributed by atoms with van der Waals surface area (Å²) in [5, 5.41) is 4.08. The van der Waals surface area contributed by atoms with Gasteiger partial charge >= 0.3 is 11.9 Å². The van der Waals surface area contributed by atoms with Gasteiger partial charge in [-0.15, -0.1) is 0 Å². The maximum atomic E-state index is 12.2. The number of ether oxygens (including phenoxy) is 2. The molecule has 4 heteroatoms. The minimum atomic E-state index is -0.165. The van der Waals surface area contributed by atoms with E-state index in [9.17, 15) is 9.59 Å². The third-order valence-corrected chi connectivity index (χ3v) is 6.46. The molecule has 4 nitrogen and oxygen atoms in total. The molecule has 0 N–H and O–H groups in total. The fraction of sp³-hybridized carbons (Fsp3) is 0.312. The fourth-order valence-electron chi connectivity index (χ4n) is 4.52. The third-order valence-electron chi connectivity index (χ3n) is 6.46. The highest BCUT2D eigenvalue weighted by atomic mass is 16.5. The van der Waals surface area contributed by atoms with Gasteiger partial charge in [-0.05, 0) is 35.7 Å². The van der Waals surface area contributed by atoms with Crippen molar-refractivity contribution in [2.45, 2.75) is 64.2 Å². The topological polar surface area (TPSA) is 52.6 Å². The van der Waals surface area contributed by atoms with Crippen LogP contribution in [0.25, 0.3) is 21.5 Å². The van der Waals surface area contributed by atoms with Crippen molar-refractivity contribution in [3.05, 3.63) is 84.9 Å². The van der Waals surface area contributed by atoms with Crippen molar-refractivity contribution in [3.8, 4) is 11.5 Å². The van der Waals surface area contributed by atoms with Gasteiger partial charge in [0.25, 0.3) is 0 Å². The molecule has 4 rings (SSSR count). The molecule has 0 bridgehead atoms. The summed E-state index contributed by atoms with van der Waals surface area (Å²) in [4.78, 5) is 24.5. The van der Waals surface area contributed by atoms with Gasteiger partial charge < -0.3 is 9.47 Å². The van der Waals surface area contributed by atoms with Crippen LogP contribution in [0.2, 0.25) is 0 Å². The average Bonchev–Trinajstić information content (AvgIpc) is 2.90. The van der Waals surface area contributed by atoms with E-state index in [0.717, 1.165) is 72.9 Å². The Kier molecular flexibility index (Phi) is 9.49. The Labute approximate surface area is 213 Å². The van der Waals surface area contributed by atoms with E-state index in [4.69, 9.17) is 9.47 Å². The number of unbranched alkanes of at least 4 members (excludes halogenated alkanes) is 7. The lowest BCUT2D eigenvalue weighted by Crippen LogP contribution is -2.07. The van der Waals surface area contributed by atoms with E-state index < -0.39 is 0 Å². The van der Waals surface area contributed by atoms with Crippen LogP contribution < -0.4 is 9.47 Å². The van der Waals surface area contributed by atoms with Crippen LogP contribution in [0.15, 0.2) is 84.9 Å². The quantitative estimate of drug-likeness (QED) is 0.109. The Morgan fingerprint density at radius 2 is 0.806 bits per heavy atom. The lowest BCUT2D eigenvalue weighted by atomic mass is 10.1. The number of carbonyl (C=O) groups is 2. The predicted octanol–water partition coefficient (Wildman–Crippen LogP) is 8.41. The zero-order valence-corrected chi connectivity index (χ0v) is 20.8. The Morgan fingerprint density at radius 1 is 0.444 bits per heavy atom. The van der Waals surface area contributed by atoms with Crippen LogP contribution in [-0.4, -0.2) is 11.9 Å². The van der Waals surface area contributed by atoms with Crippen molar-refractivity contribution in [2.24, 2.45) is 0 Å². The van der Waals surface area contributed by atoms with Gasteiger partial charge in [0.2, 0.25) is 0 Å². The van der Waals surface area contributed by atoms with Crippen LogP contribution >= 0.6 is 0 Å². The number of benzene rings is 4. The molecule has 0 aromatic heterocycles. The van der Waals surface area contributed by atoms with Crippen molar-refractivity contribution in [1.82, 2.24) is 0 Å². The van der Waals surface area contributed by atoms with Crippen molar-refractivity contribution >= 4 is 33.5 Å². The molecule has 4 aromatic carbocycles. The van der Waals surface area contributed by atoms with Gasteiger partial charge in [0.05, 0.1) is 0 Å². The number of carbonyl (C=O) groups excluding carboxylic acids is 2. The summed E-state index contributed by atoms with van der Waals surface area (Å²) in [5.41, 5.74) is 0. The minimum absolute atomic E-state index is 0.165. The Bertz CT molecular complexity index is 1180. The first-order valence-corrected chi connectivity index (χ1v) is 13.1. The largest absolute Gasteiger partial charge is 0.426 e. The van der Waals surface area contributed by atoms with E-state index in [1.165, 1.54) is 0 Å². The third kappa shape index (κ3) is 7.42. The Hall–Kier alpha value is -3.66. The lowest BCUT2D eigenvalue weighted by molar-refractivity contribution is -0.135. The SMILES string of the molecule is O=C(CCCCCCCCCCC(=O)Oc1cccc2ccccc12)Oc1cccc2ccccc12. The van der Waals surface area contributed by atoms with E-state index >= 15 is 0 Å². The maximum Gasteiger partial charge on any atom is 0.311 e. The molecule has 36 heavy (non-hydrogen) atoms. The molecule has 0 saturated heterocycles. The molecule has 0 aliphatic carbocycles. The molecule has 0 aliphatic rings. The zero-order chi connectivity index (χ0) is 25.0. The molecule has 0 atom stereocenters. The van der Waals surface area contributed by atoms with Crippen molar-refractivity contribution in [2.75, 3.05) is 0 Å². The highest BCUT2D eigenvalue weighted by molar-refractivity contribution is 5.91. The lowest BCUT2D eigenvalue weighted by Gasteiger charge is -2.08. The molecule has 0 saturated carbocycles. The van der Waals surface area contributed by atoms with Crippen molar-refractivity contribution in [3.63, 3.8) is 0 Å².